The first-order valence-corrected chi connectivity index (χ1v) is 6.82. The zero-order valence-corrected chi connectivity index (χ0v) is 10.4. The van der Waals surface area contributed by atoms with Crippen LogP contribution in [-0.2, 0) is 0 Å². The van der Waals surface area contributed by atoms with E-state index in [0.717, 1.165) is 6.54 Å². The van der Waals surface area contributed by atoms with E-state index in [9.17, 15) is 0 Å². The molecule has 0 radical (unpaired) electrons. The number of rotatable bonds is 7. The lowest BCUT2D eigenvalue weighted by molar-refractivity contribution is 0.150. The van der Waals surface area contributed by atoms with Crippen molar-refractivity contribution in [1.29, 1.82) is 0 Å². The minimum atomic E-state index is 0.685. The van der Waals surface area contributed by atoms with Crippen LogP contribution >= 0.6 is 0 Å². The zero-order chi connectivity index (χ0) is 10.9. The van der Waals surface area contributed by atoms with Crippen LogP contribution in [0.15, 0.2) is 0 Å². The van der Waals surface area contributed by atoms with Crippen molar-refractivity contribution in [3.63, 3.8) is 0 Å². The molecule has 1 fully saturated rings. The fourth-order valence-corrected chi connectivity index (χ4v) is 2.54. The van der Waals surface area contributed by atoms with Crippen LogP contribution in [0.4, 0.5) is 0 Å². The summed E-state index contributed by atoms with van der Waals surface area (Å²) in [5.74, 6) is 0. The topological polar surface area (TPSA) is 29.3 Å². The largest absolute Gasteiger partial charge is 0.329 e. The minimum absolute atomic E-state index is 0.685. The Kier molecular flexibility index (Phi) is 7.03. The van der Waals surface area contributed by atoms with Crippen molar-refractivity contribution in [3.05, 3.63) is 0 Å². The van der Waals surface area contributed by atoms with Crippen LogP contribution in [0, 0.1) is 0 Å². The normalized spacial score (nSPS) is 23.2. The van der Waals surface area contributed by atoms with E-state index in [-0.39, 0.29) is 0 Å². The summed E-state index contributed by atoms with van der Waals surface area (Å²) < 4.78 is 0. The SMILES string of the molecule is CCCCCCCN1CCCCC1CN. The zero-order valence-electron chi connectivity index (χ0n) is 10.4. The van der Waals surface area contributed by atoms with Gasteiger partial charge < -0.3 is 5.73 Å². The second kappa shape index (κ2) is 8.12. The summed E-state index contributed by atoms with van der Waals surface area (Å²) in [5, 5.41) is 0. The maximum Gasteiger partial charge on any atom is 0.0218 e. The molecule has 0 bridgehead atoms. The molecule has 2 nitrogen and oxygen atoms in total. The van der Waals surface area contributed by atoms with Crippen LogP contribution in [0.5, 0.6) is 0 Å². The molecule has 0 aromatic rings. The summed E-state index contributed by atoms with van der Waals surface area (Å²) >= 11 is 0. The van der Waals surface area contributed by atoms with E-state index in [1.807, 2.05) is 0 Å². The third-order valence-corrected chi connectivity index (χ3v) is 3.57. The second-order valence-electron chi connectivity index (χ2n) is 4.84. The number of nitrogens with zero attached hydrogens (tertiary/aromatic N) is 1. The first-order valence-electron chi connectivity index (χ1n) is 6.82. The molecule has 1 heterocycles. The first kappa shape index (κ1) is 13.0. The molecule has 0 spiro atoms. The van der Waals surface area contributed by atoms with E-state index >= 15 is 0 Å². The van der Waals surface area contributed by atoms with Gasteiger partial charge in [-0.3, -0.25) is 4.90 Å². The fourth-order valence-electron chi connectivity index (χ4n) is 2.54. The number of hydrogen-bond acceptors (Lipinski definition) is 2. The van der Waals surface area contributed by atoms with E-state index in [4.69, 9.17) is 5.73 Å². The quantitative estimate of drug-likeness (QED) is 0.658. The Hall–Kier alpha value is -0.0800. The van der Waals surface area contributed by atoms with Crippen molar-refractivity contribution in [3.8, 4) is 0 Å². The van der Waals surface area contributed by atoms with Gasteiger partial charge in [0.1, 0.15) is 0 Å². The van der Waals surface area contributed by atoms with Crippen molar-refractivity contribution in [2.75, 3.05) is 19.6 Å². The Morgan fingerprint density at radius 1 is 1.13 bits per heavy atom. The Balaban J connectivity index is 2.07. The van der Waals surface area contributed by atoms with Crippen LogP contribution in [0.2, 0.25) is 0 Å². The summed E-state index contributed by atoms with van der Waals surface area (Å²) in [6, 6.07) is 0.685. The lowest BCUT2D eigenvalue weighted by Gasteiger charge is -2.34. The molecule has 1 aliphatic heterocycles. The van der Waals surface area contributed by atoms with E-state index < -0.39 is 0 Å². The van der Waals surface area contributed by atoms with Crippen molar-refractivity contribution < 1.29 is 0 Å². The average Bonchev–Trinajstić information content (AvgIpc) is 2.29. The van der Waals surface area contributed by atoms with Gasteiger partial charge in [-0.1, -0.05) is 39.0 Å². The highest BCUT2D eigenvalue weighted by Gasteiger charge is 2.19. The first-order chi connectivity index (χ1) is 7.38. The molecule has 1 atom stereocenters. The standard InChI is InChI=1S/C13H28N2/c1-2-3-4-5-7-10-15-11-8-6-9-13(15)12-14/h13H,2-12,14H2,1H3. The van der Waals surface area contributed by atoms with Crippen LogP contribution in [0.25, 0.3) is 0 Å². The number of hydrogen-bond donors (Lipinski definition) is 1. The number of unbranched alkanes of at least 4 members (excludes halogenated alkanes) is 4. The Morgan fingerprint density at radius 2 is 1.93 bits per heavy atom. The van der Waals surface area contributed by atoms with Gasteiger partial charge in [-0.15, -0.1) is 0 Å². The van der Waals surface area contributed by atoms with Crippen LogP contribution < -0.4 is 5.73 Å². The van der Waals surface area contributed by atoms with E-state index in [1.165, 1.54) is 64.5 Å². The van der Waals surface area contributed by atoms with Gasteiger partial charge in [0.15, 0.2) is 0 Å². The smallest absolute Gasteiger partial charge is 0.0218 e. The van der Waals surface area contributed by atoms with E-state index in [2.05, 4.69) is 11.8 Å². The molecule has 0 aliphatic carbocycles. The van der Waals surface area contributed by atoms with Gasteiger partial charge in [-0.25, -0.2) is 0 Å². The number of likely N-dealkylation sites (tertiary alicyclic amines) is 1. The van der Waals surface area contributed by atoms with E-state index in [0.29, 0.717) is 6.04 Å². The second-order valence-corrected chi connectivity index (χ2v) is 4.84. The van der Waals surface area contributed by atoms with Gasteiger partial charge in [-0.2, -0.15) is 0 Å². The molecule has 0 aromatic carbocycles. The Labute approximate surface area is 95.2 Å². The Bertz CT molecular complexity index is 147. The lowest BCUT2D eigenvalue weighted by Crippen LogP contribution is -2.44. The third-order valence-electron chi connectivity index (χ3n) is 3.57. The maximum absolute atomic E-state index is 5.80. The van der Waals surface area contributed by atoms with Gasteiger partial charge in [0.2, 0.25) is 0 Å². The summed E-state index contributed by atoms with van der Waals surface area (Å²) in [5.41, 5.74) is 5.80. The van der Waals surface area contributed by atoms with Crippen molar-refractivity contribution in [1.82, 2.24) is 4.90 Å². The maximum atomic E-state index is 5.80. The molecule has 2 N–H and O–H groups in total. The summed E-state index contributed by atoms with van der Waals surface area (Å²) in [7, 11) is 0. The predicted molar refractivity (Wildman–Crippen MR) is 67.0 cm³/mol. The van der Waals surface area contributed by atoms with Crippen LogP contribution in [0.1, 0.15) is 58.3 Å². The van der Waals surface area contributed by atoms with Gasteiger partial charge >= 0.3 is 0 Å². The molecule has 1 unspecified atom stereocenters. The summed E-state index contributed by atoms with van der Waals surface area (Å²) in [6.45, 7) is 5.70. The van der Waals surface area contributed by atoms with Gasteiger partial charge in [-0.05, 0) is 32.4 Å². The third kappa shape index (κ3) is 4.98. The van der Waals surface area contributed by atoms with Crippen LogP contribution in [-0.4, -0.2) is 30.6 Å². The summed E-state index contributed by atoms with van der Waals surface area (Å²) in [4.78, 5) is 2.62. The predicted octanol–water partition coefficient (Wildman–Crippen LogP) is 2.77. The molecular formula is C13H28N2. The van der Waals surface area contributed by atoms with Crippen LogP contribution in [0.3, 0.4) is 0 Å². The van der Waals surface area contributed by atoms with Gasteiger partial charge in [0.25, 0.3) is 0 Å². The van der Waals surface area contributed by atoms with Crippen molar-refractivity contribution >= 4 is 0 Å². The molecule has 1 aliphatic rings. The van der Waals surface area contributed by atoms with Crippen molar-refractivity contribution in [2.24, 2.45) is 5.73 Å². The average molecular weight is 212 g/mol. The summed E-state index contributed by atoms with van der Waals surface area (Å²) in [6.07, 6.45) is 11.0. The molecule has 0 aromatic heterocycles. The molecule has 0 amide bonds. The highest BCUT2D eigenvalue weighted by atomic mass is 15.2. The lowest BCUT2D eigenvalue weighted by atomic mass is 10.0. The molecule has 15 heavy (non-hydrogen) atoms. The highest BCUT2D eigenvalue weighted by Crippen LogP contribution is 2.17. The van der Waals surface area contributed by atoms with E-state index in [1.54, 1.807) is 0 Å². The molecule has 90 valence electrons. The molecule has 1 rings (SSSR count). The number of nitrogens with two attached hydrogens (primary N) is 1. The number of piperidine rings is 1. The van der Waals surface area contributed by atoms with Crippen molar-refractivity contribution in [2.45, 2.75) is 64.3 Å². The Morgan fingerprint density at radius 3 is 2.67 bits per heavy atom. The molecule has 2 heteroatoms. The fraction of sp³-hybridized carbons (Fsp3) is 1.00. The van der Waals surface area contributed by atoms with Gasteiger partial charge in [0, 0.05) is 12.6 Å². The molecule has 0 saturated carbocycles. The molecule has 1 saturated heterocycles. The minimum Gasteiger partial charge on any atom is -0.329 e. The molecular weight excluding hydrogens is 184 g/mol. The van der Waals surface area contributed by atoms with Gasteiger partial charge in [0.05, 0.1) is 0 Å². The monoisotopic (exact) mass is 212 g/mol. The highest BCUT2D eigenvalue weighted by molar-refractivity contribution is 4.77.